The molecule has 0 bridgehead atoms. The van der Waals surface area contributed by atoms with Crippen molar-refractivity contribution in [2.75, 3.05) is 30.4 Å². The van der Waals surface area contributed by atoms with Gasteiger partial charge in [0.05, 0.1) is 7.11 Å². The Kier molecular flexibility index (Phi) is 6.87. The quantitative estimate of drug-likeness (QED) is 0.723. The van der Waals surface area contributed by atoms with Crippen LogP contribution in [-0.2, 0) is 11.3 Å². The van der Waals surface area contributed by atoms with Gasteiger partial charge < -0.3 is 20.3 Å². The molecule has 0 saturated carbocycles. The number of hydrogen-bond donors (Lipinski definition) is 2. The molecular formula is C22H28FN3O2. The maximum atomic E-state index is 13.8. The summed E-state index contributed by atoms with van der Waals surface area (Å²) in [7, 11) is 1.44. The second-order valence-electron chi connectivity index (χ2n) is 7.25. The Morgan fingerprint density at radius 2 is 2.00 bits per heavy atom. The summed E-state index contributed by atoms with van der Waals surface area (Å²) in [4.78, 5) is 14.7. The summed E-state index contributed by atoms with van der Waals surface area (Å²) >= 11 is 0. The van der Waals surface area contributed by atoms with E-state index in [0.717, 1.165) is 30.0 Å². The molecule has 2 N–H and O–H groups in total. The van der Waals surface area contributed by atoms with Crippen LogP contribution in [0.4, 0.5) is 15.8 Å². The zero-order valence-corrected chi connectivity index (χ0v) is 16.5. The normalized spacial score (nSPS) is 14.8. The number of amides is 1. The van der Waals surface area contributed by atoms with Crippen LogP contribution < -0.4 is 20.3 Å². The molecule has 2 aromatic rings. The van der Waals surface area contributed by atoms with Crippen LogP contribution in [-0.4, -0.2) is 32.1 Å². The first kappa shape index (κ1) is 20.1. The van der Waals surface area contributed by atoms with Gasteiger partial charge in [-0.3, -0.25) is 4.79 Å². The highest BCUT2D eigenvalue weighted by atomic mass is 19.1. The topological polar surface area (TPSA) is 53.6 Å². The molecule has 1 saturated heterocycles. The maximum Gasteiger partial charge on any atom is 0.225 e. The van der Waals surface area contributed by atoms with Crippen molar-refractivity contribution in [2.45, 2.75) is 38.8 Å². The predicted molar refractivity (Wildman–Crippen MR) is 110 cm³/mol. The number of halogens is 1. The zero-order chi connectivity index (χ0) is 19.9. The van der Waals surface area contributed by atoms with E-state index in [9.17, 15) is 9.18 Å². The lowest BCUT2D eigenvalue weighted by Gasteiger charge is -2.19. The van der Waals surface area contributed by atoms with Crippen molar-refractivity contribution in [1.29, 1.82) is 0 Å². The van der Waals surface area contributed by atoms with Gasteiger partial charge in [-0.25, -0.2) is 4.39 Å². The fraction of sp³-hybridized carbons (Fsp3) is 0.409. The van der Waals surface area contributed by atoms with E-state index in [0.29, 0.717) is 13.0 Å². The third-order valence-electron chi connectivity index (χ3n) is 4.96. The van der Waals surface area contributed by atoms with E-state index >= 15 is 0 Å². The lowest BCUT2D eigenvalue weighted by atomic mass is 10.1. The smallest absolute Gasteiger partial charge is 0.225 e. The standard InChI is InChI=1S/C22H28FN3O2/c1-16(24-15-17-8-9-21(28-2)20(23)13-17)12-22(27)25-18-6-5-7-19(14-18)26-10-3-4-11-26/h5-9,13-14,16,24H,3-4,10-12,15H2,1-2H3,(H,25,27). The third kappa shape index (κ3) is 5.45. The van der Waals surface area contributed by atoms with E-state index in [-0.39, 0.29) is 23.5 Å². The van der Waals surface area contributed by atoms with E-state index in [4.69, 9.17) is 4.74 Å². The van der Waals surface area contributed by atoms with Crippen molar-refractivity contribution < 1.29 is 13.9 Å². The Labute approximate surface area is 165 Å². The van der Waals surface area contributed by atoms with Gasteiger partial charge in [0, 0.05) is 43.5 Å². The molecule has 0 radical (unpaired) electrons. The van der Waals surface area contributed by atoms with Gasteiger partial charge in [-0.1, -0.05) is 12.1 Å². The van der Waals surface area contributed by atoms with E-state index in [1.54, 1.807) is 6.07 Å². The van der Waals surface area contributed by atoms with Gasteiger partial charge in [-0.2, -0.15) is 0 Å². The third-order valence-corrected chi connectivity index (χ3v) is 4.96. The van der Waals surface area contributed by atoms with Crippen LogP contribution in [0.2, 0.25) is 0 Å². The summed E-state index contributed by atoms with van der Waals surface area (Å²) in [5, 5.41) is 6.24. The van der Waals surface area contributed by atoms with Gasteiger partial charge in [-0.15, -0.1) is 0 Å². The Hall–Kier alpha value is -2.60. The van der Waals surface area contributed by atoms with Gasteiger partial charge in [0.2, 0.25) is 5.91 Å². The Morgan fingerprint density at radius 1 is 1.21 bits per heavy atom. The molecule has 1 unspecified atom stereocenters. The number of rotatable bonds is 8. The highest BCUT2D eigenvalue weighted by molar-refractivity contribution is 5.91. The van der Waals surface area contributed by atoms with Crippen LogP contribution in [0.5, 0.6) is 5.75 Å². The lowest BCUT2D eigenvalue weighted by Crippen LogP contribution is -2.30. The van der Waals surface area contributed by atoms with Crippen molar-refractivity contribution in [3.05, 3.63) is 53.8 Å². The molecule has 1 aliphatic rings. The average Bonchev–Trinajstić information content (AvgIpc) is 3.21. The van der Waals surface area contributed by atoms with Gasteiger partial charge in [0.25, 0.3) is 0 Å². The van der Waals surface area contributed by atoms with Crippen LogP contribution in [0.3, 0.4) is 0 Å². The molecule has 0 aromatic heterocycles. The number of nitrogens with one attached hydrogen (secondary N) is 2. The first-order valence-corrected chi connectivity index (χ1v) is 9.76. The van der Waals surface area contributed by atoms with E-state index in [1.807, 2.05) is 31.2 Å². The first-order valence-electron chi connectivity index (χ1n) is 9.76. The van der Waals surface area contributed by atoms with Crippen LogP contribution in [0.25, 0.3) is 0 Å². The highest BCUT2D eigenvalue weighted by Crippen LogP contribution is 2.23. The van der Waals surface area contributed by atoms with Crippen molar-refractivity contribution in [2.24, 2.45) is 0 Å². The summed E-state index contributed by atoms with van der Waals surface area (Å²) in [6.07, 6.45) is 2.78. The van der Waals surface area contributed by atoms with E-state index < -0.39 is 0 Å². The minimum atomic E-state index is -0.384. The number of nitrogens with zero attached hydrogens (tertiary/aromatic N) is 1. The SMILES string of the molecule is COc1ccc(CNC(C)CC(=O)Nc2cccc(N3CCCC3)c2)cc1F. The second kappa shape index (κ2) is 9.55. The minimum Gasteiger partial charge on any atom is -0.494 e. The van der Waals surface area contributed by atoms with E-state index in [2.05, 4.69) is 21.6 Å². The summed E-state index contributed by atoms with van der Waals surface area (Å²) < 4.78 is 18.7. The van der Waals surface area contributed by atoms with Crippen molar-refractivity contribution in [3.63, 3.8) is 0 Å². The Bertz CT molecular complexity index is 806. The average molecular weight is 385 g/mol. The van der Waals surface area contributed by atoms with Crippen molar-refractivity contribution >= 4 is 17.3 Å². The molecule has 1 heterocycles. The highest BCUT2D eigenvalue weighted by Gasteiger charge is 2.14. The molecule has 1 fully saturated rings. The largest absolute Gasteiger partial charge is 0.494 e. The molecule has 1 amide bonds. The van der Waals surface area contributed by atoms with E-state index in [1.165, 1.54) is 26.0 Å². The molecule has 5 nitrogen and oxygen atoms in total. The Morgan fingerprint density at radius 3 is 2.71 bits per heavy atom. The molecule has 1 atom stereocenters. The van der Waals surface area contributed by atoms with Gasteiger partial charge in [0.1, 0.15) is 0 Å². The number of carbonyl (C=O) groups is 1. The van der Waals surface area contributed by atoms with Gasteiger partial charge >= 0.3 is 0 Å². The van der Waals surface area contributed by atoms with Crippen LogP contribution in [0.15, 0.2) is 42.5 Å². The van der Waals surface area contributed by atoms with Crippen molar-refractivity contribution in [3.8, 4) is 5.75 Å². The summed E-state index contributed by atoms with van der Waals surface area (Å²) in [5.41, 5.74) is 2.78. The number of ether oxygens (including phenoxy) is 1. The fourth-order valence-electron chi connectivity index (χ4n) is 3.43. The molecular weight excluding hydrogens is 357 g/mol. The Balaban J connectivity index is 1.48. The molecule has 150 valence electrons. The lowest BCUT2D eigenvalue weighted by molar-refractivity contribution is -0.116. The summed E-state index contributed by atoms with van der Waals surface area (Å²) in [6, 6.07) is 12.8. The predicted octanol–water partition coefficient (Wildman–Crippen LogP) is 3.94. The number of hydrogen-bond acceptors (Lipinski definition) is 4. The van der Waals surface area contributed by atoms with Crippen LogP contribution in [0, 0.1) is 5.82 Å². The number of methoxy groups -OCH3 is 1. The maximum absolute atomic E-state index is 13.8. The second-order valence-corrected chi connectivity index (χ2v) is 7.25. The van der Waals surface area contributed by atoms with Crippen LogP contribution in [0.1, 0.15) is 31.7 Å². The van der Waals surface area contributed by atoms with Crippen molar-refractivity contribution in [1.82, 2.24) is 5.32 Å². The monoisotopic (exact) mass is 385 g/mol. The molecule has 1 aliphatic heterocycles. The van der Waals surface area contributed by atoms with Crippen LogP contribution >= 0.6 is 0 Å². The summed E-state index contributed by atoms with van der Waals surface area (Å²) in [6.45, 7) is 4.58. The zero-order valence-electron chi connectivity index (χ0n) is 16.5. The number of carbonyl (C=O) groups excluding carboxylic acids is 1. The molecule has 2 aromatic carbocycles. The van der Waals surface area contributed by atoms with Gasteiger partial charge in [-0.05, 0) is 55.7 Å². The van der Waals surface area contributed by atoms with Gasteiger partial charge in [0.15, 0.2) is 11.6 Å². The summed E-state index contributed by atoms with van der Waals surface area (Å²) in [5.74, 6) is -0.197. The first-order chi connectivity index (χ1) is 13.5. The fourth-order valence-corrected chi connectivity index (χ4v) is 3.43. The molecule has 0 aliphatic carbocycles. The molecule has 0 spiro atoms. The molecule has 3 rings (SSSR count). The number of benzene rings is 2. The molecule has 28 heavy (non-hydrogen) atoms. The molecule has 6 heteroatoms. The minimum absolute atomic E-state index is 0.0353. The number of anilines is 2.